The van der Waals surface area contributed by atoms with Crippen molar-refractivity contribution in [3.05, 3.63) is 63.9 Å². The Kier molecular flexibility index (Phi) is 7.25. The van der Waals surface area contributed by atoms with Crippen LogP contribution in [-0.2, 0) is 6.42 Å². The number of pyridine rings is 1. The van der Waals surface area contributed by atoms with Gasteiger partial charge in [0.2, 0.25) is 5.95 Å². The predicted octanol–water partition coefficient (Wildman–Crippen LogP) is 5.68. The van der Waals surface area contributed by atoms with Crippen LogP contribution in [0.5, 0.6) is 0 Å². The van der Waals surface area contributed by atoms with Gasteiger partial charge in [-0.1, -0.05) is 36.2 Å². The molecule has 3 aromatic rings. The van der Waals surface area contributed by atoms with Gasteiger partial charge in [0, 0.05) is 42.8 Å². The number of benzene rings is 1. The molecule has 1 aliphatic heterocycles. The van der Waals surface area contributed by atoms with E-state index in [9.17, 15) is 9.18 Å². The molecule has 0 spiro atoms. The monoisotopic (exact) mass is 488 g/mol. The minimum absolute atomic E-state index is 0.206. The quantitative estimate of drug-likeness (QED) is 0.464. The molecule has 1 aliphatic rings. The fourth-order valence-corrected chi connectivity index (χ4v) is 4.10. The van der Waals surface area contributed by atoms with E-state index in [0.29, 0.717) is 49.2 Å². The third kappa shape index (κ3) is 5.69. The molecule has 2 N–H and O–H groups in total. The summed E-state index contributed by atoms with van der Waals surface area (Å²) in [6, 6.07) is 10.1. The van der Waals surface area contributed by atoms with E-state index in [1.165, 1.54) is 0 Å². The largest absolute Gasteiger partial charge is 0.341 e. The first-order valence-electron chi connectivity index (χ1n) is 10.7. The Bertz CT molecular complexity index is 1130. The van der Waals surface area contributed by atoms with Gasteiger partial charge in [0.15, 0.2) is 0 Å². The van der Waals surface area contributed by atoms with Crippen molar-refractivity contribution >= 4 is 52.4 Å². The van der Waals surface area contributed by atoms with Gasteiger partial charge in [-0.05, 0) is 37.5 Å². The second-order valence-corrected chi connectivity index (χ2v) is 8.48. The fraction of sp³-hybridized carbons (Fsp3) is 0.304. The third-order valence-corrected chi connectivity index (χ3v) is 5.93. The van der Waals surface area contributed by atoms with Gasteiger partial charge in [-0.15, -0.1) is 0 Å². The molecule has 2 aromatic heterocycles. The van der Waals surface area contributed by atoms with Crippen LogP contribution in [0.15, 0.2) is 42.6 Å². The zero-order chi connectivity index (χ0) is 23.4. The highest BCUT2D eigenvalue weighted by molar-refractivity contribution is 6.40. The van der Waals surface area contributed by atoms with Crippen LogP contribution in [0.25, 0.3) is 0 Å². The fourth-order valence-electron chi connectivity index (χ4n) is 3.53. The summed E-state index contributed by atoms with van der Waals surface area (Å²) < 4.78 is 13.5. The van der Waals surface area contributed by atoms with Crippen LogP contribution < -0.4 is 15.5 Å². The number of nitrogens with zero attached hydrogens (tertiary/aromatic N) is 4. The number of nitrogens with one attached hydrogen (secondary N) is 2. The van der Waals surface area contributed by atoms with Crippen LogP contribution in [-0.4, -0.2) is 40.1 Å². The standard InChI is InChI=1S/C23H23Cl2FN6O/c1-2-15-12-20(31-23(29-15)32-10-7-14(26)8-11-32)30-19-13-16(6-9-27-19)28-22(33)21-17(24)4-3-5-18(21)25/h3-6,9,12-14H,2,7-8,10-11H2,1H3,(H2,27,28,29,30,31,33). The molecule has 0 saturated carbocycles. The molecule has 1 amide bonds. The molecule has 0 unspecified atom stereocenters. The van der Waals surface area contributed by atoms with Gasteiger partial charge in [0.1, 0.15) is 17.8 Å². The van der Waals surface area contributed by atoms with E-state index in [2.05, 4.69) is 25.6 Å². The van der Waals surface area contributed by atoms with E-state index in [0.717, 1.165) is 12.1 Å². The van der Waals surface area contributed by atoms with Crippen LogP contribution in [0.4, 0.5) is 27.7 Å². The molecule has 1 fully saturated rings. The van der Waals surface area contributed by atoms with Gasteiger partial charge in [0.05, 0.1) is 15.6 Å². The summed E-state index contributed by atoms with van der Waals surface area (Å²) in [7, 11) is 0. The zero-order valence-corrected chi connectivity index (χ0v) is 19.5. The first-order chi connectivity index (χ1) is 15.9. The number of carbonyl (C=O) groups is 1. The predicted molar refractivity (Wildman–Crippen MR) is 130 cm³/mol. The Morgan fingerprint density at radius 1 is 1.12 bits per heavy atom. The Balaban J connectivity index is 1.52. The highest BCUT2D eigenvalue weighted by atomic mass is 35.5. The van der Waals surface area contributed by atoms with Crippen molar-refractivity contribution in [1.82, 2.24) is 15.0 Å². The van der Waals surface area contributed by atoms with Crippen molar-refractivity contribution < 1.29 is 9.18 Å². The van der Waals surface area contributed by atoms with Gasteiger partial charge in [-0.2, -0.15) is 4.98 Å². The average Bonchev–Trinajstić information content (AvgIpc) is 2.79. The van der Waals surface area contributed by atoms with Gasteiger partial charge in [-0.25, -0.2) is 14.4 Å². The molecule has 172 valence electrons. The molecule has 0 bridgehead atoms. The van der Waals surface area contributed by atoms with E-state index in [4.69, 9.17) is 23.2 Å². The van der Waals surface area contributed by atoms with Crippen molar-refractivity contribution in [3.63, 3.8) is 0 Å². The zero-order valence-electron chi connectivity index (χ0n) is 18.0. The first kappa shape index (κ1) is 23.2. The molecule has 1 saturated heterocycles. The lowest BCUT2D eigenvalue weighted by atomic mass is 10.1. The van der Waals surface area contributed by atoms with Crippen molar-refractivity contribution in [3.8, 4) is 0 Å². The summed E-state index contributed by atoms with van der Waals surface area (Å²) in [6.07, 6.45) is 2.48. The van der Waals surface area contributed by atoms with Gasteiger partial charge >= 0.3 is 0 Å². The Morgan fingerprint density at radius 3 is 2.55 bits per heavy atom. The van der Waals surface area contributed by atoms with E-state index in [1.54, 1.807) is 36.5 Å². The van der Waals surface area contributed by atoms with Crippen molar-refractivity contribution in [1.29, 1.82) is 0 Å². The smallest absolute Gasteiger partial charge is 0.258 e. The Labute approximate surface area is 201 Å². The summed E-state index contributed by atoms with van der Waals surface area (Å²) in [5.74, 6) is 1.22. The highest BCUT2D eigenvalue weighted by Gasteiger charge is 2.21. The molecule has 0 radical (unpaired) electrons. The minimum Gasteiger partial charge on any atom is -0.341 e. The number of piperidine rings is 1. The van der Waals surface area contributed by atoms with Crippen molar-refractivity contribution in [2.75, 3.05) is 28.6 Å². The van der Waals surface area contributed by atoms with E-state index in [1.807, 2.05) is 17.9 Å². The lowest BCUT2D eigenvalue weighted by Crippen LogP contribution is -2.35. The average molecular weight is 489 g/mol. The van der Waals surface area contributed by atoms with Crippen molar-refractivity contribution in [2.24, 2.45) is 0 Å². The van der Waals surface area contributed by atoms with E-state index < -0.39 is 12.1 Å². The number of halogens is 3. The minimum atomic E-state index is -0.768. The second kappa shape index (κ2) is 10.3. The molecule has 1 aromatic carbocycles. The maximum atomic E-state index is 13.5. The summed E-state index contributed by atoms with van der Waals surface area (Å²) in [5.41, 5.74) is 1.59. The number of aromatic nitrogens is 3. The number of anilines is 4. The molecule has 0 atom stereocenters. The van der Waals surface area contributed by atoms with Crippen molar-refractivity contribution in [2.45, 2.75) is 32.4 Å². The van der Waals surface area contributed by atoms with Crippen LogP contribution >= 0.6 is 23.2 Å². The molecule has 0 aliphatic carbocycles. The van der Waals surface area contributed by atoms with E-state index >= 15 is 0 Å². The second-order valence-electron chi connectivity index (χ2n) is 7.67. The van der Waals surface area contributed by atoms with Crippen LogP contribution in [0.3, 0.4) is 0 Å². The number of rotatable bonds is 6. The third-order valence-electron chi connectivity index (χ3n) is 5.30. The summed E-state index contributed by atoms with van der Waals surface area (Å²) in [5, 5.41) is 6.50. The molecule has 3 heterocycles. The molecular formula is C23H23Cl2FN6O. The SMILES string of the molecule is CCc1cc(Nc2cc(NC(=O)c3c(Cl)cccc3Cl)ccn2)nc(N2CCC(F)CC2)n1. The number of aryl methyl sites for hydroxylation is 1. The lowest BCUT2D eigenvalue weighted by molar-refractivity contribution is 0.102. The van der Waals surface area contributed by atoms with Gasteiger partial charge in [-0.3, -0.25) is 4.79 Å². The maximum absolute atomic E-state index is 13.5. The Hall–Kier alpha value is -2.97. The van der Waals surface area contributed by atoms with E-state index in [-0.39, 0.29) is 15.6 Å². The molecule has 33 heavy (non-hydrogen) atoms. The van der Waals surface area contributed by atoms with Crippen LogP contribution in [0.2, 0.25) is 10.0 Å². The number of hydrogen-bond donors (Lipinski definition) is 2. The topological polar surface area (TPSA) is 83.0 Å². The Morgan fingerprint density at radius 2 is 1.85 bits per heavy atom. The van der Waals surface area contributed by atoms with Crippen LogP contribution in [0, 0.1) is 0 Å². The van der Waals surface area contributed by atoms with Crippen LogP contribution in [0.1, 0.15) is 35.8 Å². The number of hydrogen-bond acceptors (Lipinski definition) is 6. The molecule has 7 nitrogen and oxygen atoms in total. The number of amides is 1. The molecule has 10 heteroatoms. The summed E-state index contributed by atoms with van der Waals surface area (Å²) in [4.78, 5) is 28.2. The highest BCUT2D eigenvalue weighted by Crippen LogP contribution is 2.26. The summed E-state index contributed by atoms with van der Waals surface area (Å²) in [6.45, 7) is 3.17. The first-order valence-corrected chi connectivity index (χ1v) is 11.4. The molecule has 4 rings (SSSR count). The number of alkyl halides is 1. The van der Waals surface area contributed by atoms with Gasteiger partial charge < -0.3 is 15.5 Å². The summed E-state index contributed by atoms with van der Waals surface area (Å²) >= 11 is 12.3. The number of carbonyl (C=O) groups excluding carboxylic acids is 1. The normalized spacial score (nSPS) is 14.2. The lowest BCUT2D eigenvalue weighted by Gasteiger charge is -2.29. The molecular weight excluding hydrogens is 466 g/mol. The maximum Gasteiger partial charge on any atom is 0.258 e. The van der Waals surface area contributed by atoms with Gasteiger partial charge in [0.25, 0.3) is 5.91 Å².